The Morgan fingerprint density at radius 2 is 1.64 bits per heavy atom. The number of rotatable bonds is 2. The summed E-state index contributed by atoms with van der Waals surface area (Å²) in [6.07, 6.45) is 4.60. The second kappa shape index (κ2) is 5.13. The Labute approximate surface area is 131 Å². The molecule has 0 bridgehead atoms. The van der Waals surface area contributed by atoms with Crippen molar-refractivity contribution in [2.45, 2.75) is 38.6 Å². The van der Waals surface area contributed by atoms with Gasteiger partial charge < -0.3 is 9.67 Å². The van der Waals surface area contributed by atoms with Crippen LogP contribution in [0.5, 0.6) is 0 Å². The monoisotopic (exact) mass is 293 g/mol. The van der Waals surface area contributed by atoms with Crippen molar-refractivity contribution in [3.8, 4) is 0 Å². The van der Waals surface area contributed by atoms with Gasteiger partial charge in [-0.25, -0.2) is 0 Å². The summed E-state index contributed by atoms with van der Waals surface area (Å²) in [6.45, 7) is 2.52. The van der Waals surface area contributed by atoms with Gasteiger partial charge in [0.25, 0.3) is 0 Å². The number of benzene rings is 2. The van der Waals surface area contributed by atoms with E-state index in [-0.39, 0.29) is 5.41 Å². The number of nitrogens with zero attached hydrogens (tertiary/aromatic N) is 1. The summed E-state index contributed by atoms with van der Waals surface area (Å²) >= 11 is 0. The molecule has 1 N–H and O–H groups in total. The normalized spacial score (nSPS) is 25.8. The Hall–Kier alpha value is -1.80. The van der Waals surface area contributed by atoms with Crippen molar-refractivity contribution >= 4 is 21.8 Å². The van der Waals surface area contributed by atoms with Gasteiger partial charge in [-0.2, -0.15) is 0 Å². The van der Waals surface area contributed by atoms with Crippen LogP contribution in [-0.2, 0) is 0 Å². The molecule has 1 heterocycles. The third-order valence-corrected chi connectivity index (χ3v) is 5.41. The first-order valence-electron chi connectivity index (χ1n) is 8.30. The molecule has 1 aromatic heterocycles. The van der Waals surface area contributed by atoms with E-state index in [1.807, 2.05) is 0 Å². The molecule has 0 spiro atoms. The van der Waals surface area contributed by atoms with Crippen molar-refractivity contribution < 1.29 is 5.11 Å². The summed E-state index contributed by atoms with van der Waals surface area (Å²) in [7, 11) is 0. The van der Waals surface area contributed by atoms with Gasteiger partial charge in [-0.1, -0.05) is 49.7 Å². The minimum Gasteiger partial charge on any atom is -0.396 e. The maximum absolute atomic E-state index is 9.78. The molecule has 2 nitrogen and oxygen atoms in total. The molecule has 3 aromatic rings. The van der Waals surface area contributed by atoms with Crippen molar-refractivity contribution in [3.05, 3.63) is 48.5 Å². The van der Waals surface area contributed by atoms with E-state index >= 15 is 0 Å². The van der Waals surface area contributed by atoms with Crippen LogP contribution in [-0.4, -0.2) is 16.3 Å². The van der Waals surface area contributed by atoms with E-state index in [4.69, 9.17) is 0 Å². The molecular formula is C20H23NO. The molecule has 0 amide bonds. The van der Waals surface area contributed by atoms with Gasteiger partial charge in [-0.3, -0.25) is 0 Å². The van der Waals surface area contributed by atoms with E-state index in [9.17, 15) is 5.11 Å². The summed E-state index contributed by atoms with van der Waals surface area (Å²) in [5.41, 5.74) is 2.72. The summed E-state index contributed by atoms with van der Waals surface area (Å²) in [6, 6.07) is 17.9. The van der Waals surface area contributed by atoms with E-state index < -0.39 is 0 Å². The highest BCUT2D eigenvalue weighted by Gasteiger charge is 2.33. The largest absolute Gasteiger partial charge is 0.396 e. The Kier molecular flexibility index (Phi) is 3.23. The third kappa shape index (κ3) is 2.05. The van der Waals surface area contributed by atoms with Crippen LogP contribution in [0.2, 0.25) is 0 Å². The van der Waals surface area contributed by atoms with E-state index in [2.05, 4.69) is 60.0 Å². The van der Waals surface area contributed by atoms with Gasteiger partial charge in [0.2, 0.25) is 0 Å². The molecule has 2 heteroatoms. The lowest BCUT2D eigenvalue weighted by molar-refractivity contribution is 0.0781. The molecule has 0 radical (unpaired) electrons. The molecule has 114 valence electrons. The Morgan fingerprint density at radius 1 is 1.05 bits per heavy atom. The third-order valence-electron chi connectivity index (χ3n) is 5.41. The van der Waals surface area contributed by atoms with Crippen LogP contribution in [0.4, 0.5) is 0 Å². The zero-order valence-corrected chi connectivity index (χ0v) is 13.1. The van der Waals surface area contributed by atoms with Gasteiger partial charge in [-0.05, 0) is 36.8 Å². The van der Waals surface area contributed by atoms with Gasteiger partial charge in [0.05, 0.1) is 0 Å². The summed E-state index contributed by atoms with van der Waals surface area (Å²) in [5, 5.41) is 12.5. The van der Waals surface area contributed by atoms with E-state index in [1.165, 1.54) is 34.6 Å². The molecule has 0 saturated heterocycles. The number of hydrogen-bond donors (Lipinski definition) is 1. The van der Waals surface area contributed by atoms with Crippen molar-refractivity contribution in [1.82, 2.24) is 4.57 Å². The highest BCUT2D eigenvalue weighted by atomic mass is 16.3. The Morgan fingerprint density at radius 3 is 2.23 bits per heavy atom. The zero-order chi connectivity index (χ0) is 15.2. The fourth-order valence-corrected chi connectivity index (χ4v) is 4.25. The highest BCUT2D eigenvalue weighted by Crippen LogP contribution is 2.44. The van der Waals surface area contributed by atoms with Crippen molar-refractivity contribution in [2.24, 2.45) is 5.41 Å². The summed E-state index contributed by atoms with van der Waals surface area (Å²) in [4.78, 5) is 0. The van der Waals surface area contributed by atoms with Gasteiger partial charge in [0.1, 0.15) is 0 Å². The summed E-state index contributed by atoms with van der Waals surface area (Å²) in [5.74, 6) is 0. The average molecular weight is 293 g/mol. The maximum Gasteiger partial charge on any atom is 0.0493 e. The molecule has 4 rings (SSSR count). The average Bonchev–Trinajstić information content (AvgIpc) is 2.89. The Bertz CT molecular complexity index is 766. The van der Waals surface area contributed by atoms with E-state index in [1.54, 1.807) is 0 Å². The van der Waals surface area contributed by atoms with Crippen LogP contribution in [0, 0.1) is 5.41 Å². The second-order valence-corrected chi connectivity index (χ2v) is 7.12. The molecule has 1 saturated carbocycles. The van der Waals surface area contributed by atoms with Crippen LogP contribution in [0.1, 0.15) is 38.6 Å². The fourth-order valence-electron chi connectivity index (χ4n) is 4.25. The Balaban J connectivity index is 1.93. The number of fused-ring (bicyclic) bond motifs is 3. The van der Waals surface area contributed by atoms with Crippen molar-refractivity contribution in [3.63, 3.8) is 0 Å². The number of aliphatic hydroxyl groups is 1. The smallest absolute Gasteiger partial charge is 0.0493 e. The first-order chi connectivity index (χ1) is 10.7. The molecule has 2 unspecified atom stereocenters. The number of aliphatic hydroxyl groups excluding tert-OH is 1. The highest BCUT2D eigenvalue weighted by molar-refractivity contribution is 6.08. The lowest BCUT2D eigenvalue weighted by Crippen LogP contribution is -2.30. The quantitative estimate of drug-likeness (QED) is 0.713. The van der Waals surface area contributed by atoms with Crippen LogP contribution in [0.15, 0.2) is 48.5 Å². The molecular weight excluding hydrogens is 270 g/mol. The predicted octanol–water partition coefficient (Wildman–Crippen LogP) is 4.91. The lowest BCUT2D eigenvalue weighted by Gasteiger charge is -2.38. The maximum atomic E-state index is 9.78. The number of aromatic nitrogens is 1. The topological polar surface area (TPSA) is 25.2 Å². The van der Waals surface area contributed by atoms with Crippen molar-refractivity contribution in [2.75, 3.05) is 6.61 Å². The van der Waals surface area contributed by atoms with Crippen LogP contribution >= 0.6 is 0 Å². The van der Waals surface area contributed by atoms with Gasteiger partial charge in [0, 0.05) is 34.5 Å². The molecule has 1 aliphatic carbocycles. The minimum atomic E-state index is 0.0649. The molecule has 1 fully saturated rings. The molecule has 1 aliphatic rings. The molecule has 2 atom stereocenters. The van der Waals surface area contributed by atoms with E-state index in [0.29, 0.717) is 12.6 Å². The first kappa shape index (κ1) is 13.8. The molecule has 2 aromatic carbocycles. The van der Waals surface area contributed by atoms with E-state index in [0.717, 1.165) is 12.8 Å². The molecule has 22 heavy (non-hydrogen) atoms. The predicted molar refractivity (Wildman–Crippen MR) is 92.1 cm³/mol. The second-order valence-electron chi connectivity index (χ2n) is 7.12. The summed E-state index contributed by atoms with van der Waals surface area (Å²) < 4.78 is 2.53. The first-order valence-corrected chi connectivity index (χ1v) is 8.30. The standard InChI is InChI=1S/C20H23NO/c1-20(14-22)12-6-7-15(13-20)21-18-10-4-2-8-16(18)17-9-3-5-11-19(17)21/h2-5,8-11,15,22H,6-7,12-14H2,1H3. The number of hydrogen-bond acceptors (Lipinski definition) is 1. The van der Waals surface area contributed by atoms with Crippen LogP contribution in [0.25, 0.3) is 21.8 Å². The van der Waals surface area contributed by atoms with Gasteiger partial charge in [0.15, 0.2) is 0 Å². The van der Waals surface area contributed by atoms with Crippen LogP contribution in [0.3, 0.4) is 0 Å². The van der Waals surface area contributed by atoms with Crippen molar-refractivity contribution in [1.29, 1.82) is 0 Å². The zero-order valence-electron chi connectivity index (χ0n) is 13.1. The van der Waals surface area contributed by atoms with Crippen LogP contribution < -0.4 is 0 Å². The fraction of sp³-hybridized carbons (Fsp3) is 0.400. The minimum absolute atomic E-state index is 0.0649. The lowest BCUT2D eigenvalue weighted by atomic mass is 9.74. The number of para-hydroxylation sites is 2. The van der Waals surface area contributed by atoms with Gasteiger partial charge >= 0.3 is 0 Å². The van der Waals surface area contributed by atoms with Gasteiger partial charge in [-0.15, -0.1) is 0 Å². The molecule has 0 aliphatic heterocycles. The SMILES string of the molecule is CC1(CO)CCCC(n2c3ccccc3c3ccccc32)C1.